The van der Waals surface area contributed by atoms with Gasteiger partial charge in [0.2, 0.25) is 5.82 Å². The van der Waals surface area contributed by atoms with Gasteiger partial charge in [-0.1, -0.05) is 13.0 Å². The minimum absolute atomic E-state index is 0.139. The van der Waals surface area contributed by atoms with E-state index in [-0.39, 0.29) is 16.9 Å². The summed E-state index contributed by atoms with van der Waals surface area (Å²) in [7, 11) is 1.04. The van der Waals surface area contributed by atoms with Crippen LogP contribution in [-0.2, 0) is 9.53 Å². The van der Waals surface area contributed by atoms with Gasteiger partial charge in [0.15, 0.2) is 17.2 Å². The van der Waals surface area contributed by atoms with Crippen LogP contribution in [0.4, 0.5) is 27.6 Å². The number of nitrogens with two attached hydrogens (primary N) is 1. The molecule has 1 aromatic heterocycles. The van der Waals surface area contributed by atoms with Crippen molar-refractivity contribution in [2.24, 2.45) is 11.7 Å². The minimum atomic E-state index is -4.87. The highest BCUT2D eigenvalue weighted by atomic mass is 19.4. The van der Waals surface area contributed by atoms with Gasteiger partial charge in [-0.2, -0.15) is 17.6 Å². The molecule has 34 heavy (non-hydrogen) atoms. The molecule has 1 fully saturated rings. The summed E-state index contributed by atoms with van der Waals surface area (Å²) in [5, 5.41) is 11.7. The molecule has 1 saturated heterocycles. The normalized spacial score (nSPS) is 25.8. The number of aliphatic hydroxyl groups is 1. The zero-order valence-electron chi connectivity index (χ0n) is 18.5. The molecule has 1 aromatic carbocycles. The molecule has 0 bridgehead atoms. The number of hydrogen-bond acceptors (Lipinski definition) is 6. The number of carbonyl (C=O) groups is 1. The lowest BCUT2D eigenvalue weighted by Gasteiger charge is -2.32. The van der Waals surface area contributed by atoms with Gasteiger partial charge in [0, 0.05) is 29.3 Å². The second-order valence-corrected chi connectivity index (χ2v) is 8.19. The number of nitrogens with zero attached hydrogens (tertiary/aromatic N) is 1. The highest BCUT2D eigenvalue weighted by molar-refractivity contribution is 5.95. The van der Waals surface area contributed by atoms with Gasteiger partial charge < -0.3 is 25.6 Å². The van der Waals surface area contributed by atoms with Crippen molar-refractivity contribution in [1.29, 1.82) is 0 Å². The van der Waals surface area contributed by atoms with Crippen LogP contribution < -0.4 is 15.8 Å². The van der Waals surface area contributed by atoms with Crippen molar-refractivity contribution in [2.75, 3.05) is 19.0 Å². The third-order valence-corrected chi connectivity index (χ3v) is 6.20. The Balaban J connectivity index is 2.05. The summed E-state index contributed by atoms with van der Waals surface area (Å²) in [6, 6.07) is 3.72. The van der Waals surface area contributed by atoms with Crippen LogP contribution in [0.1, 0.15) is 37.1 Å². The molecular weight excluding hydrogens is 465 g/mol. The number of rotatable bonds is 6. The van der Waals surface area contributed by atoms with Crippen molar-refractivity contribution < 1.29 is 41.3 Å². The molecule has 0 spiro atoms. The Morgan fingerprint density at radius 1 is 1.35 bits per heavy atom. The van der Waals surface area contributed by atoms with Crippen molar-refractivity contribution in [3.8, 4) is 5.75 Å². The van der Waals surface area contributed by atoms with Crippen molar-refractivity contribution >= 4 is 11.6 Å². The third kappa shape index (κ3) is 4.44. The first kappa shape index (κ1) is 25.8. The number of ether oxygens (including phenoxy) is 2. The van der Waals surface area contributed by atoms with E-state index in [1.165, 1.54) is 25.3 Å². The van der Waals surface area contributed by atoms with Gasteiger partial charge in [0.25, 0.3) is 5.91 Å². The smallest absolute Gasteiger partial charge is 0.417 e. The molecule has 0 unspecified atom stereocenters. The number of aromatic nitrogens is 1. The summed E-state index contributed by atoms with van der Waals surface area (Å²) in [6.07, 6.45) is -5.30. The number of pyridine rings is 1. The lowest BCUT2D eigenvalue weighted by Crippen LogP contribution is -2.47. The van der Waals surface area contributed by atoms with E-state index in [0.717, 1.165) is 26.2 Å². The summed E-state index contributed by atoms with van der Waals surface area (Å²) in [6.45, 7) is 1.60. The number of aliphatic hydroxyl groups excluding tert-OH is 1. The van der Waals surface area contributed by atoms with Crippen LogP contribution in [0.3, 0.4) is 0 Å². The molecule has 2 heterocycles. The number of amides is 1. The summed E-state index contributed by atoms with van der Waals surface area (Å²) in [5.41, 5.74) is 3.20. The zero-order chi connectivity index (χ0) is 25.4. The van der Waals surface area contributed by atoms with Crippen molar-refractivity contribution in [1.82, 2.24) is 4.98 Å². The van der Waals surface area contributed by atoms with E-state index >= 15 is 0 Å². The summed E-state index contributed by atoms with van der Waals surface area (Å²) < 4.78 is 80.4. The fraction of sp³-hybridized carbons (Fsp3) is 0.455. The molecule has 1 amide bonds. The first-order valence-corrected chi connectivity index (χ1v) is 10.2. The Morgan fingerprint density at radius 3 is 2.62 bits per heavy atom. The molecule has 2 aromatic rings. The number of anilines is 1. The number of alkyl halides is 3. The summed E-state index contributed by atoms with van der Waals surface area (Å²) in [5.74, 6) is -6.91. The van der Waals surface area contributed by atoms with Gasteiger partial charge in [0.1, 0.15) is 6.10 Å². The Labute approximate surface area is 192 Å². The Hall–Kier alpha value is -2.83. The first-order valence-electron chi connectivity index (χ1n) is 10.2. The van der Waals surface area contributed by atoms with Crippen LogP contribution in [-0.4, -0.2) is 47.6 Å². The van der Waals surface area contributed by atoms with Crippen molar-refractivity contribution in [2.45, 2.75) is 43.7 Å². The predicted molar refractivity (Wildman–Crippen MR) is 111 cm³/mol. The lowest BCUT2D eigenvalue weighted by atomic mass is 9.77. The van der Waals surface area contributed by atoms with Gasteiger partial charge in [-0.15, -0.1) is 0 Å². The summed E-state index contributed by atoms with van der Waals surface area (Å²) >= 11 is 0. The van der Waals surface area contributed by atoms with Crippen LogP contribution in [0.15, 0.2) is 30.5 Å². The molecule has 0 aliphatic carbocycles. The van der Waals surface area contributed by atoms with Gasteiger partial charge in [-0.05, 0) is 25.1 Å². The Kier molecular flexibility index (Phi) is 7.15. The quantitative estimate of drug-likeness (QED) is 0.537. The van der Waals surface area contributed by atoms with Crippen molar-refractivity contribution in [3.05, 3.63) is 53.4 Å². The average molecular weight is 489 g/mol. The van der Waals surface area contributed by atoms with Gasteiger partial charge >= 0.3 is 6.18 Å². The predicted octanol–water partition coefficient (Wildman–Crippen LogP) is 3.44. The highest BCUT2D eigenvalue weighted by Gasteiger charge is 2.65. The van der Waals surface area contributed by atoms with E-state index in [2.05, 4.69) is 10.3 Å². The number of nitrogens with one attached hydrogen (secondary N) is 1. The van der Waals surface area contributed by atoms with Crippen LogP contribution >= 0.6 is 0 Å². The minimum Gasteiger partial charge on any atom is -0.493 e. The Bertz CT molecular complexity index is 1070. The molecule has 3 rings (SSSR count). The average Bonchev–Trinajstić information content (AvgIpc) is 3.07. The van der Waals surface area contributed by atoms with E-state index in [0.29, 0.717) is 0 Å². The van der Waals surface area contributed by atoms with E-state index in [1.54, 1.807) is 0 Å². The molecule has 1 aliphatic heterocycles. The standard InChI is InChI=1S/C22H24F5N3O4/c1-10-16(12-4-5-13(23)17(24)18(12)33-3)19(34-21(10,2)22(25,26)27)20(32)30-11-6-7-29-15(8-11)14(28)9-31/h4-8,10,14,16,19,31H,9,28H2,1-3H3,(H,29,30,32)/t10-,14-,16-,19+,21-/m0/s1. The maximum atomic E-state index is 14.4. The number of carbonyl (C=O) groups excluding carboxylic acids is 1. The SMILES string of the molecule is COc1c([C@H]2[C@H](C(=O)Nc3ccnc([C@@H](N)CO)c3)O[C@](C)(C(F)(F)F)[C@H]2C)ccc(F)c1F. The monoisotopic (exact) mass is 489 g/mol. The number of hydrogen-bond donors (Lipinski definition) is 3. The maximum Gasteiger partial charge on any atom is 0.417 e. The molecule has 7 nitrogen and oxygen atoms in total. The van der Waals surface area contributed by atoms with Gasteiger partial charge in [0.05, 0.1) is 25.5 Å². The summed E-state index contributed by atoms with van der Waals surface area (Å²) in [4.78, 5) is 17.1. The number of methoxy groups -OCH3 is 1. The number of benzene rings is 1. The van der Waals surface area contributed by atoms with E-state index < -0.39 is 65.7 Å². The molecule has 12 heteroatoms. The molecule has 1 aliphatic rings. The topological polar surface area (TPSA) is 107 Å². The second kappa shape index (κ2) is 9.43. The van der Waals surface area contributed by atoms with E-state index in [1.807, 2.05) is 0 Å². The fourth-order valence-corrected chi connectivity index (χ4v) is 4.08. The zero-order valence-corrected chi connectivity index (χ0v) is 18.5. The van der Waals surface area contributed by atoms with Crippen LogP contribution in [0.25, 0.3) is 0 Å². The second-order valence-electron chi connectivity index (χ2n) is 8.19. The lowest BCUT2D eigenvalue weighted by molar-refractivity contribution is -0.272. The molecule has 4 N–H and O–H groups in total. The first-order chi connectivity index (χ1) is 15.9. The fourth-order valence-electron chi connectivity index (χ4n) is 4.08. The van der Waals surface area contributed by atoms with Crippen LogP contribution in [0, 0.1) is 17.6 Å². The molecular formula is C22H24F5N3O4. The largest absolute Gasteiger partial charge is 0.493 e. The molecule has 5 atom stereocenters. The van der Waals surface area contributed by atoms with Gasteiger partial charge in [-0.3, -0.25) is 9.78 Å². The Morgan fingerprint density at radius 2 is 2.03 bits per heavy atom. The van der Waals surface area contributed by atoms with Gasteiger partial charge in [-0.25, -0.2) is 4.39 Å². The number of halogens is 5. The van der Waals surface area contributed by atoms with Crippen molar-refractivity contribution in [3.63, 3.8) is 0 Å². The van der Waals surface area contributed by atoms with Crippen LogP contribution in [0.2, 0.25) is 0 Å². The molecule has 0 radical (unpaired) electrons. The molecule has 186 valence electrons. The van der Waals surface area contributed by atoms with E-state index in [9.17, 15) is 31.9 Å². The third-order valence-electron chi connectivity index (χ3n) is 6.20. The highest BCUT2D eigenvalue weighted by Crippen LogP contribution is 2.55. The maximum absolute atomic E-state index is 14.4. The van der Waals surface area contributed by atoms with E-state index in [4.69, 9.17) is 15.2 Å². The van der Waals surface area contributed by atoms with Crippen LogP contribution in [0.5, 0.6) is 5.75 Å². The molecule has 0 saturated carbocycles.